The van der Waals surface area contributed by atoms with Crippen molar-refractivity contribution in [3.63, 3.8) is 0 Å². The minimum atomic E-state index is -0.438. The molecule has 0 saturated heterocycles. The predicted molar refractivity (Wildman–Crippen MR) is 83.8 cm³/mol. The molecule has 110 valence electrons. The first-order chi connectivity index (χ1) is 9.60. The molecule has 3 N–H and O–H groups in total. The molecule has 0 aliphatic rings. The Morgan fingerprint density at radius 1 is 1.30 bits per heavy atom. The number of nitrogens with two attached hydrogens (primary N) is 1. The summed E-state index contributed by atoms with van der Waals surface area (Å²) in [6.45, 7) is 8.89. The van der Waals surface area contributed by atoms with Crippen molar-refractivity contribution in [2.45, 2.75) is 46.1 Å². The Kier molecular flexibility index (Phi) is 4.57. The highest BCUT2D eigenvalue weighted by Crippen LogP contribution is 2.35. The predicted octanol–water partition coefficient (Wildman–Crippen LogP) is 3.34. The largest absolute Gasteiger partial charge is 0.367 e. The smallest absolute Gasteiger partial charge is 0.164 e. The van der Waals surface area contributed by atoms with E-state index in [2.05, 4.69) is 37.2 Å². The maximum atomic E-state index is 5.98. The van der Waals surface area contributed by atoms with Gasteiger partial charge in [0.1, 0.15) is 10.4 Å². The van der Waals surface area contributed by atoms with Crippen LogP contribution in [-0.2, 0) is 10.3 Å². The lowest BCUT2D eigenvalue weighted by Crippen LogP contribution is -2.31. The van der Waals surface area contributed by atoms with Gasteiger partial charge in [-0.15, -0.1) is 11.3 Å². The molecule has 0 spiro atoms. The van der Waals surface area contributed by atoms with Gasteiger partial charge >= 0.3 is 0 Å². The van der Waals surface area contributed by atoms with Crippen molar-refractivity contribution in [2.75, 3.05) is 12.0 Å². The first-order valence-corrected chi connectivity index (χ1v) is 7.81. The number of nitrogens with one attached hydrogen (secondary N) is 1. The van der Waals surface area contributed by atoms with Gasteiger partial charge in [0.05, 0.1) is 5.39 Å². The van der Waals surface area contributed by atoms with Gasteiger partial charge in [-0.1, -0.05) is 13.8 Å². The van der Waals surface area contributed by atoms with Gasteiger partial charge < -0.3 is 10.2 Å². The van der Waals surface area contributed by atoms with Crippen molar-refractivity contribution < 1.29 is 4.74 Å². The normalized spacial score (nSPS) is 12.1. The van der Waals surface area contributed by atoms with Gasteiger partial charge in [-0.3, -0.25) is 0 Å². The minimum absolute atomic E-state index is 0.438. The van der Waals surface area contributed by atoms with E-state index in [1.54, 1.807) is 11.3 Å². The number of anilines is 1. The van der Waals surface area contributed by atoms with Gasteiger partial charge in [-0.05, 0) is 32.8 Å². The standard InChI is InChI=1S/C14H22N4OS/c1-5-14(6-2,19-7-3)13-16-11(18-15)10-8-9(4)20-12(10)17-13/h8H,5-7,15H2,1-4H3,(H,16,17,18). The van der Waals surface area contributed by atoms with Crippen LogP contribution in [0.1, 0.15) is 44.3 Å². The molecule has 2 aromatic heterocycles. The summed E-state index contributed by atoms with van der Waals surface area (Å²) in [5.74, 6) is 7.00. The van der Waals surface area contributed by atoms with E-state index in [9.17, 15) is 0 Å². The van der Waals surface area contributed by atoms with E-state index in [-0.39, 0.29) is 0 Å². The second-order valence-corrected chi connectivity index (χ2v) is 5.99. The van der Waals surface area contributed by atoms with Crippen LogP contribution in [0.25, 0.3) is 10.2 Å². The Bertz CT molecular complexity index is 592. The molecule has 0 aromatic carbocycles. The van der Waals surface area contributed by atoms with Crippen LogP contribution in [-0.4, -0.2) is 16.6 Å². The maximum absolute atomic E-state index is 5.98. The zero-order valence-electron chi connectivity index (χ0n) is 12.5. The Morgan fingerprint density at radius 2 is 2.00 bits per heavy atom. The summed E-state index contributed by atoms with van der Waals surface area (Å²) in [7, 11) is 0. The average molecular weight is 294 g/mol. The topological polar surface area (TPSA) is 73.1 Å². The van der Waals surface area contributed by atoms with Crippen LogP contribution in [0.2, 0.25) is 0 Å². The van der Waals surface area contributed by atoms with Crippen molar-refractivity contribution in [2.24, 2.45) is 5.84 Å². The van der Waals surface area contributed by atoms with Gasteiger partial charge in [0.25, 0.3) is 0 Å². The number of hydrogen-bond acceptors (Lipinski definition) is 6. The fourth-order valence-electron chi connectivity index (χ4n) is 2.47. The molecule has 0 fully saturated rings. The maximum Gasteiger partial charge on any atom is 0.164 e. The quantitative estimate of drug-likeness (QED) is 0.631. The van der Waals surface area contributed by atoms with E-state index in [1.165, 1.54) is 4.88 Å². The third-order valence-corrected chi connectivity index (χ3v) is 4.57. The van der Waals surface area contributed by atoms with Crippen LogP contribution in [0.15, 0.2) is 6.07 Å². The summed E-state index contributed by atoms with van der Waals surface area (Å²) in [5.41, 5.74) is 2.25. The third kappa shape index (κ3) is 2.51. The number of hydrazine groups is 1. The first-order valence-electron chi connectivity index (χ1n) is 6.99. The summed E-state index contributed by atoms with van der Waals surface area (Å²) in [4.78, 5) is 11.5. The number of fused-ring (bicyclic) bond motifs is 1. The lowest BCUT2D eigenvalue weighted by Gasteiger charge is -2.30. The highest BCUT2D eigenvalue weighted by molar-refractivity contribution is 7.18. The number of rotatable bonds is 6. The molecule has 2 aromatic rings. The third-order valence-electron chi connectivity index (χ3n) is 3.62. The van der Waals surface area contributed by atoms with Gasteiger partial charge in [0.15, 0.2) is 11.6 Å². The molecule has 20 heavy (non-hydrogen) atoms. The molecule has 0 saturated carbocycles. The SMILES string of the molecule is CCOC(CC)(CC)c1nc(NN)c2cc(C)sc2n1. The molecule has 0 aliphatic carbocycles. The van der Waals surface area contributed by atoms with Crippen molar-refractivity contribution >= 4 is 27.4 Å². The van der Waals surface area contributed by atoms with Crippen LogP contribution in [0, 0.1) is 6.92 Å². The first kappa shape index (κ1) is 15.2. The number of hydrogen-bond donors (Lipinski definition) is 2. The number of aromatic nitrogens is 2. The number of aryl methyl sites for hydroxylation is 1. The fraction of sp³-hybridized carbons (Fsp3) is 0.571. The number of nitrogen functional groups attached to an aromatic ring is 1. The van der Waals surface area contributed by atoms with E-state index in [1.807, 2.05) is 6.92 Å². The van der Waals surface area contributed by atoms with Crippen LogP contribution in [0.3, 0.4) is 0 Å². The Labute approximate surface area is 123 Å². The van der Waals surface area contributed by atoms with Crippen LogP contribution in [0.5, 0.6) is 0 Å². The molecule has 6 heteroatoms. The van der Waals surface area contributed by atoms with Crippen LogP contribution in [0.4, 0.5) is 5.82 Å². The summed E-state index contributed by atoms with van der Waals surface area (Å²) in [6, 6.07) is 2.05. The lowest BCUT2D eigenvalue weighted by atomic mass is 9.96. The molecule has 0 bridgehead atoms. The molecule has 2 rings (SSSR count). The Morgan fingerprint density at radius 3 is 2.55 bits per heavy atom. The summed E-state index contributed by atoms with van der Waals surface area (Å²) in [6.07, 6.45) is 1.66. The monoisotopic (exact) mass is 294 g/mol. The zero-order chi connectivity index (χ0) is 14.8. The fourth-order valence-corrected chi connectivity index (χ4v) is 3.35. The summed E-state index contributed by atoms with van der Waals surface area (Å²) >= 11 is 1.65. The zero-order valence-corrected chi connectivity index (χ0v) is 13.3. The molecular weight excluding hydrogens is 272 g/mol. The van der Waals surface area contributed by atoms with E-state index in [0.29, 0.717) is 18.2 Å². The van der Waals surface area contributed by atoms with Crippen molar-refractivity contribution in [3.8, 4) is 0 Å². The van der Waals surface area contributed by atoms with Gasteiger partial charge in [0.2, 0.25) is 0 Å². The van der Waals surface area contributed by atoms with Gasteiger partial charge in [0, 0.05) is 11.5 Å². The molecular formula is C14H22N4OS. The lowest BCUT2D eigenvalue weighted by molar-refractivity contribution is -0.0568. The summed E-state index contributed by atoms with van der Waals surface area (Å²) in [5, 5.41) is 0.969. The molecule has 0 amide bonds. The van der Waals surface area contributed by atoms with Crippen LogP contribution >= 0.6 is 11.3 Å². The van der Waals surface area contributed by atoms with Gasteiger partial charge in [-0.2, -0.15) is 0 Å². The molecule has 0 atom stereocenters. The molecule has 0 unspecified atom stereocenters. The molecule has 0 aliphatic heterocycles. The molecule has 5 nitrogen and oxygen atoms in total. The Balaban J connectivity index is 2.63. The average Bonchev–Trinajstić information content (AvgIpc) is 2.84. The van der Waals surface area contributed by atoms with E-state index >= 15 is 0 Å². The second kappa shape index (κ2) is 6.03. The van der Waals surface area contributed by atoms with Crippen molar-refractivity contribution in [3.05, 3.63) is 16.8 Å². The van der Waals surface area contributed by atoms with Crippen LogP contribution < -0.4 is 11.3 Å². The van der Waals surface area contributed by atoms with Gasteiger partial charge in [-0.25, -0.2) is 15.8 Å². The van der Waals surface area contributed by atoms with E-state index in [4.69, 9.17) is 15.6 Å². The van der Waals surface area contributed by atoms with E-state index < -0.39 is 5.60 Å². The molecule has 0 radical (unpaired) electrons. The highest BCUT2D eigenvalue weighted by Gasteiger charge is 2.33. The second-order valence-electron chi connectivity index (χ2n) is 4.75. The number of ether oxygens (including phenoxy) is 1. The minimum Gasteiger partial charge on any atom is -0.367 e. The number of thiophene rings is 1. The Hall–Kier alpha value is -1.24. The highest BCUT2D eigenvalue weighted by atomic mass is 32.1. The van der Waals surface area contributed by atoms with E-state index in [0.717, 1.165) is 23.1 Å². The molecule has 2 heterocycles. The summed E-state index contributed by atoms with van der Waals surface area (Å²) < 4.78 is 5.98. The number of nitrogens with zero attached hydrogens (tertiary/aromatic N) is 2. The van der Waals surface area contributed by atoms with Crippen molar-refractivity contribution in [1.82, 2.24) is 9.97 Å². The van der Waals surface area contributed by atoms with Crippen molar-refractivity contribution in [1.29, 1.82) is 0 Å².